The van der Waals surface area contributed by atoms with Crippen LogP contribution in [0.25, 0.3) is 0 Å². The van der Waals surface area contributed by atoms with E-state index in [1.165, 1.54) is 0 Å². The Morgan fingerprint density at radius 3 is 1.88 bits per heavy atom. The zero-order chi connectivity index (χ0) is 28.0. The smallest absolute Gasteiger partial charge is 0.146 e. The minimum atomic E-state index is -0.521. The van der Waals surface area contributed by atoms with E-state index in [1.54, 1.807) is 14.2 Å². The van der Waals surface area contributed by atoms with Crippen LogP contribution < -0.4 is 4.74 Å². The highest BCUT2D eigenvalue weighted by Crippen LogP contribution is 2.33. The molecule has 4 rings (SSSR count). The molecule has 40 heavy (non-hydrogen) atoms. The molecule has 0 aliphatic carbocycles. The van der Waals surface area contributed by atoms with Crippen molar-refractivity contribution in [2.75, 3.05) is 27.6 Å². The molecule has 7 nitrogen and oxygen atoms in total. The van der Waals surface area contributed by atoms with Gasteiger partial charge >= 0.3 is 0 Å². The van der Waals surface area contributed by atoms with Crippen molar-refractivity contribution < 1.29 is 33.2 Å². The Bertz CT molecular complexity index is 1120. The Hall–Kier alpha value is -3.20. The van der Waals surface area contributed by atoms with Gasteiger partial charge in [0, 0.05) is 13.7 Å². The first-order valence-corrected chi connectivity index (χ1v) is 13.7. The van der Waals surface area contributed by atoms with Crippen LogP contribution in [-0.4, -0.2) is 52.0 Å². The van der Waals surface area contributed by atoms with E-state index in [0.717, 1.165) is 28.9 Å². The van der Waals surface area contributed by atoms with Crippen molar-refractivity contribution in [1.82, 2.24) is 0 Å². The summed E-state index contributed by atoms with van der Waals surface area (Å²) in [4.78, 5) is 0. The Kier molecular flexibility index (Phi) is 12.0. The average Bonchev–Trinajstić information content (AvgIpc) is 3.00. The van der Waals surface area contributed by atoms with Crippen LogP contribution in [0, 0.1) is 0 Å². The lowest BCUT2D eigenvalue weighted by atomic mass is 9.94. The van der Waals surface area contributed by atoms with Crippen LogP contribution >= 0.6 is 0 Å². The summed E-state index contributed by atoms with van der Waals surface area (Å²) in [6.07, 6.45) is -0.143. The van der Waals surface area contributed by atoms with Gasteiger partial charge < -0.3 is 33.2 Å². The predicted molar refractivity (Wildman–Crippen MR) is 153 cm³/mol. The molecular formula is C33H40O7. The highest BCUT2D eigenvalue weighted by molar-refractivity contribution is 5.27. The fourth-order valence-corrected chi connectivity index (χ4v) is 4.66. The molecule has 1 fully saturated rings. The first-order valence-electron chi connectivity index (χ1n) is 13.7. The van der Waals surface area contributed by atoms with Crippen molar-refractivity contribution in [2.24, 2.45) is 0 Å². The number of ether oxygens (including phenoxy) is 7. The molecule has 0 bridgehead atoms. The topological polar surface area (TPSA) is 64.6 Å². The third-order valence-corrected chi connectivity index (χ3v) is 6.75. The maximum atomic E-state index is 6.59. The van der Waals surface area contributed by atoms with Gasteiger partial charge in [-0.3, -0.25) is 0 Å². The molecule has 1 saturated heterocycles. The first-order chi connectivity index (χ1) is 19.7. The molecule has 0 amide bonds. The fourth-order valence-electron chi connectivity index (χ4n) is 4.66. The molecule has 7 heteroatoms. The van der Waals surface area contributed by atoms with Crippen molar-refractivity contribution in [1.29, 1.82) is 0 Å². The molecule has 1 aliphatic rings. The molecule has 1 heterocycles. The summed E-state index contributed by atoms with van der Waals surface area (Å²) in [5, 5.41) is 0. The van der Waals surface area contributed by atoms with Gasteiger partial charge in [0.25, 0.3) is 0 Å². The van der Waals surface area contributed by atoms with Crippen molar-refractivity contribution >= 4 is 0 Å². The maximum Gasteiger partial charge on any atom is 0.146 e. The number of hydrogen-bond donors (Lipinski definition) is 0. The van der Waals surface area contributed by atoms with E-state index in [9.17, 15) is 0 Å². The minimum absolute atomic E-state index is 0.260. The molecule has 0 unspecified atom stereocenters. The molecular weight excluding hydrogens is 508 g/mol. The lowest BCUT2D eigenvalue weighted by molar-refractivity contribution is -0.215. The van der Waals surface area contributed by atoms with Crippen LogP contribution in [0.2, 0.25) is 0 Å². The summed E-state index contributed by atoms with van der Waals surface area (Å²) >= 11 is 0. The van der Waals surface area contributed by atoms with Crippen molar-refractivity contribution in [2.45, 2.75) is 57.1 Å². The Morgan fingerprint density at radius 2 is 1.27 bits per heavy atom. The standard InChI is InChI=1S/C33H40O7/c1-25-31(37-23-28-16-18-29(35-3)19-17-28)33(39-22-27-13-8-5-9-14-27)32(38-21-26-11-6-4-7-12-26)30(40-25)15-10-20-36-24-34-2/h4-9,11-14,16-19,30-33H,1,10,15,20-24H2,2-3H3/t30-,31+,32-,33-/m0/s1. The van der Waals surface area contributed by atoms with Gasteiger partial charge in [-0.2, -0.15) is 0 Å². The monoisotopic (exact) mass is 548 g/mol. The van der Waals surface area contributed by atoms with Crippen molar-refractivity contribution in [3.05, 3.63) is 114 Å². The van der Waals surface area contributed by atoms with Crippen molar-refractivity contribution in [3.8, 4) is 5.75 Å². The van der Waals surface area contributed by atoms with Crippen LogP contribution in [0.1, 0.15) is 29.5 Å². The average molecular weight is 549 g/mol. The van der Waals surface area contributed by atoms with Crippen LogP contribution in [0.4, 0.5) is 0 Å². The molecule has 0 saturated carbocycles. The minimum Gasteiger partial charge on any atom is -0.497 e. The number of rotatable bonds is 16. The first kappa shape index (κ1) is 29.8. The van der Waals surface area contributed by atoms with Gasteiger partial charge in [0.2, 0.25) is 0 Å². The maximum absolute atomic E-state index is 6.59. The van der Waals surface area contributed by atoms with Gasteiger partial charge in [-0.1, -0.05) is 79.4 Å². The quantitative estimate of drug-likeness (QED) is 0.159. The van der Waals surface area contributed by atoms with Crippen molar-refractivity contribution in [3.63, 3.8) is 0 Å². The normalized spacial score (nSPS) is 20.7. The summed E-state index contributed by atoms with van der Waals surface area (Å²) in [7, 11) is 3.27. The fraction of sp³-hybridized carbons (Fsp3) is 0.394. The third-order valence-electron chi connectivity index (χ3n) is 6.75. The Labute approximate surface area is 237 Å². The summed E-state index contributed by atoms with van der Waals surface area (Å²) in [5.41, 5.74) is 3.15. The number of methoxy groups -OCH3 is 2. The molecule has 0 radical (unpaired) electrons. The van der Waals surface area contributed by atoms with E-state index in [4.69, 9.17) is 33.2 Å². The predicted octanol–water partition coefficient (Wildman–Crippen LogP) is 6.06. The van der Waals surface area contributed by atoms with Gasteiger partial charge in [-0.05, 0) is 41.7 Å². The summed E-state index contributed by atoms with van der Waals surface area (Å²) < 4.78 is 41.8. The zero-order valence-electron chi connectivity index (χ0n) is 23.4. The summed E-state index contributed by atoms with van der Waals surface area (Å²) in [6.45, 7) is 6.26. The largest absolute Gasteiger partial charge is 0.497 e. The molecule has 3 aromatic rings. The van der Waals surface area contributed by atoms with E-state index in [2.05, 4.69) is 6.58 Å². The van der Waals surface area contributed by atoms with Crippen LogP contribution in [0.3, 0.4) is 0 Å². The van der Waals surface area contributed by atoms with Crippen LogP contribution in [-0.2, 0) is 48.2 Å². The second kappa shape index (κ2) is 16.2. The van der Waals surface area contributed by atoms with E-state index in [-0.39, 0.29) is 12.9 Å². The highest BCUT2D eigenvalue weighted by atomic mass is 16.7. The third kappa shape index (κ3) is 8.91. The van der Waals surface area contributed by atoms with Crippen LogP contribution in [0.5, 0.6) is 5.75 Å². The van der Waals surface area contributed by atoms with Gasteiger partial charge in [-0.25, -0.2) is 0 Å². The lowest BCUT2D eigenvalue weighted by Crippen LogP contribution is -2.54. The van der Waals surface area contributed by atoms with E-state index in [1.807, 2.05) is 84.9 Å². The molecule has 1 aliphatic heterocycles. The Balaban J connectivity index is 1.53. The highest BCUT2D eigenvalue weighted by Gasteiger charge is 2.45. The van der Waals surface area contributed by atoms with E-state index in [0.29, 0.717) is 38.6 Å². The summed E-state index contributed by atoms with van der Waals surface area (Å²) in [5.74, 6) is 1.33. The van der Waals surface area contributed by atoms with E-state index >= 15 is 0 Å². The summed E-state index contributed by atoms with van der Waals surface area (Å²) in [6, 6.07) is 28.0. The number of benzene rings is 3. The number of hydrogen-bond acceptors (Lipinski definition) is 7. The van der Waals surface area contributed by atoms with Gasteiger partial charge in [0.05, 0.1) is 26.9 Å². The molecule has 0 aromatic heterocycles. The molecule has 0 spiro atoms. The molecule has 3 aromatic carbocycles. The zero-order valence-corrected chi connectivity index (χ0v) is 23.4. The van der Waals surface area contributed by atoms with Crippen LogP contribution in [0.15, 0.2) is 97.3 Å². The SMILES string of the molecule is C=C1O[C@@H](CCCOCOC)[C@H](OCc2ccccc2)[C@@H](OCc2ccccc2)[C@@H]1OCc1ccc(OC)cc1. The van der Waals surface area contributed by atoms with Gasteiger partial charge in [0.15, 0.2) is 0 Å². The molecule has 0 N–H and O–H groups in total. The van der Waals surface area contributed by atoms with Gasteiger partial charge in [0.1, 0.15) is 42.7 Å². The molecule has 4 atom stereocenters. The Morgan fingerprint density at radius 1 is 0.700 bits per heavy atom. The lowest BCUT2D eigenvalue weighted by Gasteiger charge is -2.43. The second-order valence-corrected chi connectivity index (χ2v) is 9.68. The van der Waals surface area contributed by atoms with Gasteiger partial charge in [-0.15, -0.1) is 0 Å². The molecule has 214 valence electrons. The second-order valence-electron chi connectivity index (χ2n) is 9.68. The van der Waals surface area contributed by atoms with E-state index < -0.39 is 18.3 Å².